The molecule has 1 unspecified atom stereocenters. The van der Waals surface area contributed by atoms with Gasteiger partial charge in [0.15, 0.2) is 0 Å². The van der Waals surface area contributed by atoms with Crippen LogP contribution >= 0.6 is 0 Å². The Hall–Kier alpha value is -3.90. The third-order valence-electron chi connectivity index (χ3n) is 6.76. The van der Waals surface area contributed by atoms with Gasteiger partial charge in [-0.2, -0.15) is 0 Å². The second-order valence-corrected chi connectivity index (χ2v) is 10.2. The summed E-state index contributed by atoms with van der Waals surface area (Å²) in [5.41, 5.74) is 5.11. The van der Waals surface area contributed by atoms with Gasteiger partial charge in [0.05, 0.1) is 0 Å². The molecule has 0 spiro atoms. The standard InChI is InChI=1S/C33H30.C3H8.C3H6.6C2H6/c1-4-23(2)10-17-30-24(3)11-18-32-31(30)19-16-28-21-29-20-26(14-15-27(29)22-33(28)32)13-12-25-8-6-5-7-9-25;2*1-3-2;6*1-2/h5-23H,4H2,1-3H3;3H2,1-2H3;3H,1H2,2H3;6*1-2H3/b13-12+,17-10-;;;;;;;;. The van der Waals surface area contributed by atoms with Crippen molar-refractivity contribution in [3.05, 3.63) is 126 Å². The highest BCUT2D eigenvalue weighted by atomic mass is 14.1. The number of fused-ring (bicyclic) bond motifs is 4. The maximum absolute atomic E-state index is 3.36. The fourth-order valence-corrected chi connectivity index (χ4v) is 4.52. The predicted molar refractivity (Wildman–Crippen MR) is 247 cm³/mol. The van der Waals surface area contributed by atoms with Crippen molar-refractivity contribution in [3.8, 4) is 0 Å². The molecule has 0 fully saturated rings. The maximum Gasteiger partial charge on any atom is -0.00988 e. The molecule has 0 saturated carbocycles. The first-order valence-electron chi connectivity index (χ1n) is 20.3. The lowest BCUT2D eigenvalue weighted by Gasteiger charge is -2.12. The first-order chi connectivity index (χ1) is 24.9. The summed E-state index contributed by atoms with van der Waals surface area (Å²) >= 11 is 0. The van der Waals surface area contributed by atoms with Crippen LogP contribution in [-0.4, -0.2) is 0 Å². The van der Waals surface area contributed by atoms with Crippen molar-refractivity contribution < 1.29 is 0 Å². The van der Waals surface area contributed by atoms with Gasteiger partial charge in [-0.1, -0.05) is 221 Å². The normalized spacial score (nSPS) is 9.76. The zero-order valence-electron chi connectivity index (χ0n) is 36.7. The summed E-state index contributed by atoms with van der Waals surface area (Å²) in [4.78, 5) is 0. The summed E-state index contributed by atoms with van der Waals surface area (Å²) in [5.74, 6) is 0.592. The third-order valence-corrected chi connectivity index (χ3v) is 6.76. The van der Waals surface area contributed by atoms with Gasteiger partial charge in [-0.15, -0.1) is 6.58 Å². The quantitative estimate of drug-likeness (QED) is 0.0744. The number of allylic oxidation sites excluding steroid dienone is 2. The van der Waals surface area contributed by atoms with E-state index in [4.69, 9.17) is 0 Å². The summed E-state index contributed by atoms with van der Waals surface area (Å²) in [7, 11) is 0. The van der Waals surface area contributed by atoms with Crippen LogP contribution < -0.4 is 0 Å². The Bertz CT molecular complexity index is 1560. The van der Waals surface area contributed by atoms with E-state index >= 15 is 0 Å². The van der Waals surface area contributed by atoms with Crippen LogP contribution in [0.3, 0.4) is 0 Å². The molecule has 0 heteroatoms. The van der Waals surface area contributed by atoms with E-state index in [0.717, 1.165) is 6.42 Å². The molecule has 0 heterocycles. The minimum atomic E-state index is 0.592. The van der Waals surface area contributed by atoms with Crippen LogP contribution in [0.5, 0.6) is 0 Å². The lowest BCUT2D eigenvalue weighted by Crippen LogP contribution is -1.89. The Morgan fingerprint density at radius 3 is 1.55 bits per heavy atom. The average molecular weight is 693 g/mol. The second-order valence-electron chi connectivity index (χ2n) is 10.2. The van der Waals surface area contributed by atoms with E-state index in [0.29, 0.717) is 5.92 Å². The third kappa shape index (κ3) is 19.9. The molecule has 5 aromatic rings. The molecular weight excluding hydrogens is 613 g/mol. The highest BCUT2D eigenvalue weighted by molar-refractivity contribution is 6.14. The topological polar surface area (TPSA) is 0 Å². The van der Waals surface area contributed by atoms with Crippen LogP contribution in [0.25, 0.3) is 50.5 Å². The molecule has 0 aromatic heterocycles. The van der Waals surface area contributed by atoms with Crippen molar-refractivity contribution in [1.29, 1.82) is 0 Å². The first-order valence-corrected chi connectivity index (χ1v) is 20.3. The monoisotopic (exact) mass is 693 g/mol. The zero-order chi connectivity index (χ0) is 40.2. The number of rotatable bonds is 5. The molecule has 0 N–H and O–H groups in total. The summed E-state index contributed by atoms with van der Waals surface area (Å²) in [6.45, 7) is 40.2. The predicted octanol–water partition coefficient (Wildman–Crippen LogP) is 18.5. The van der Waals surface area contributed by atoms with Crippen molar-refractivity contribution in [2.45, 2.75) is 137 Å². The van der Waals surface area contributed by atoms with Crippen LogP contribution in [0.1, 0.15) is 153 Å². The van der Waals surface area contributed by atoms with Gasteiger partial charge in [-0.05, 0) is 92.5 Å². The van der Waals surface area contributed by atoms with Crippen molar-refractivity contribution in [2.24, 2.45) is 5.92 Å². The van der Waals surface area contributed by atoms with Gasteiger partial charge in [0.1, 0.15) is 0 Å². The summed E-state index contributed by atoms with van der Waals surface area (Å²) in [6.07, 6.45) is 13.2. The summed E-state index contributed by atoms with van der Waals surface area (Å²) < 4.78 is 0. The molecule has 51 heavy (non-hydrogen) atoms. The van der Waals surface area contributed by atoms with Crippen LogP contribution in [0, 0.1) is 12.8 Å². The molecule has 5 rings (SSSR count). The highest BCUT2D eigenvalue weighted by Crippen LogP contribution is 2.33. The van der Waals surface area contributed by atoms with E-state index in [2.05, 4.69) is 150 Å². The van der Waals surface area contributed by atoms with Crippen LogP contribution in [0.15, 0.2) is 104 Å². The Morgan fingerprint density at radius 1 is 0.529 bits per heavy atom. The molecule has 1 atom stereocenters. The van der Waals surface area contributed by atoms with Gasteiger partial charge in [-0.3, -0.25) is 0 Å². The van der Waals surface area contributed by atoms with Crippen LogP contribution in [0.4, 0.5) is 0 Å². The van der Waals surface area contributed by atoms with Crippen LogP contribution in [-0.2, 0) is 0 Å². The van der Waals surface area contributed by atoms with Crippen molar-refractivity contribution in [3.63, 3.8) is 0 Å². The summed E-state index contributed by atoms with van der Waals surface area (Å²) in [6, 6.07) is 31.0. The first kappa shape index (κ1) is 53.9. The molecule has 0 aliphatic heterocycles. The van der Waals surface area contributed by atoms with Gasteiger partial charge in [-0.25, -0.2) is 0 Å². The van der Waals surface area contributed by atoms with E-state index in [1.54, 1.807) is 6.08 Å². The Labute approximate surface area is 318 Å². The van der Waals surface area contributed by atoms with Crippen molar-refractivity contribution in [2.75, 3.05) is 0 Å². The molecule has 0 radical (unpaired) electrons. The Morgan fingerprint density at radius 2 is 1.02 bits per heavy atom. The number of hydrogen-bond donors (Lipinski definition) is 0. The number of hydrogen-bond acceptors (Lipinski definition) is 0. The molecule has 0 nitrogen and oxygen atoms in total. The van der Waals surface area contributed by atoms with Gasteiger partial charge in [0, 0.05) is 0 Å². The fourth-order valence-electron chi connectivity index (χ4n) is 4.52. The number of benzene rings is 5. The molecule has 0 aliphatic carbocycles. The minimum Gasteiger partial charge on any atom is -0.103 e. The van der Waals surface area contributed by atoms with Gasteiger partial charge in [0.25, 0.3) is 0 Å². The van der Waals surface area contributed by atoms with Crippen molar-refractivity contribution in [1.82, 2.24) is 0 Å². The fraction of sp³-hybridized carbons (Fsp3) is 0.412. The average Bonchev–Trinajstić information content (AvgIpc) is 3.21. The lowest BCUT2D eigenvalue weighted by molar-refractivity contribution is 0.701. The molecule has 0 amide bonds. The van der Waals surface area contributed by atoms with E-state index in [-0.39, 0.29) is 0 Å². The van der Waals surface area contributed by atoms with E-state index in [1.807, 2.05) is 90.0 Å². The van der Waals surface area contributed by atoms with Crippen LogP contribution in [0.2, 0.25) is 0 Å². The molecule has 5 aromatic carbocycles. The van der Waals surface area contributed by atoms with Gasteiger partial charge < -0.3 is 0 Å². The van der Waals surface area contributed by atoms with E-state index in [9.17, 15) is 0 Å². The highest BCUT2D eigenvalue weighted by Gasteiger charge is 2.08. The smallest absolute Gasteiger partial charge is 0.00988 e. The molecule has 284 valence electrons. The largest absolute Gasteiger partial charge is 0.103 e. The molecule has 0 saturated heterocycles. The Kier molecular flexibility index (Phi) is 39.5. The molecule has 0 bridgehead atoms. The van der Waals surface area contributed by atoms with Crippen molar-refractivity contribution >= 4 is 50.5 Å². The maximum atomic E-state index is 3.36. The number of aryl methyl sites for hydroxylation is 1. The Balaban J connectivity index is -0.000000531. The lowest BCUT2D eigenvalue weighted by atomic mass is 9.92. The van der Waals surface area contributed by atoms with Gasteiger partial charge in [0.2, 0.25) is 0 Å². The van der Waals surface area contributed by atoms with Gasteiger partial charge >= 0.3 is 0 Å². The zero-order valence-corrected chi connectivity index (χ0v) is 36.7. The SMILES string of the molecule is C=CC.CC.CC.CC.CC.CC.CC.CCC.CCC(C)/C=C\c1c(C)ccc2c1ccc1cc3cc(/C=C/c4ccccc4)ccc3cc12. The molecule has 0 aliphatic rings. The minimum absolute atomic E-state index is 0.592. The molecular formula is C51H80. The summed E-state index contributed by atoms with van der Waals surface area (Å²) in [5, 5.41) is 7.84. The second kappa shape index (κ2) is 37.4. The van der Waals surface area contributed by atoms with E-state index < -0.39 is 0 Å². The van der Waals surface area contributed by atoms with E-state index in [1.165, 1.54) is 61.0 Å².